The lowest BCUT2D eigenvalue weighted by Crippen LogP contribution is -2.52. The molecule has 0 saturated carbocycles. The highest BCUT2D eigenvalue weighted by Gasteiger charge is 2.50. The first-order chi connectivity index (χ1) is 12.6. The van der Waals surface area contributed by atoms with Crippen LogP contribution < -0.4 is 0 Å². The summed E-state index contributed by atoms with van der Waals surface area (Å²) >= 11 is 0. The van der Waals surface area contributed by atoms with Crippen molar-refractivity contribution in [1.29, 1.82) is 0 Å². The first kappa shape index (κ1) is 16.7. The maximum atomic E-state index is 13.2. The second-order valence-electron chi connectivity index (χ2n) is 7.07. The molecule has 1 N–H and O–H groups in total. The van der Waals surface area contributed by atoms with Crippen LogP contribution in [0.4, 0.5) is 0 Å². The van der Waals surface area contributed by atoms with Crippen molar-refractivity contribution in [3.8, 4) is 0 Å². The van der Waals surface area contributed by atoms with E-state index in [4.69, 9.17) is 0 Å². The molecule has 0 aliphatic carbocycles. The van der Waals surface area contributed by atoms with E-state index in [1.807, 2.05) is 20.3 Å². The SMILES string of the molecule is CN(C)C(=O)[C@@]1(c2cnccn2)CCCN1Cc1ccc2cc[nH]c2c1. The first-order valence-electron chi connectivity index (χ1n) is 8.90. The number of rotatable bonds is 4. The summed E-state index contributed by atoms with van der Waals surface area (Å²) in [6, 6.07) is 8.48. The lowest BCUT2D eigenvalue weighted by molar-refractivity contribution is -0.141. The van der Waals surface area contributed by atoms with Gasteiger partial charge in [-0.1, -0.05) is 12.1 Å². The summed E-state index contributed by atoms with van der Waals surface area (Å²) in [5.74, 6) is 0.0662. The highest BCUT2D eigenvalue weighted by atomic mass is 16.2. The van der Waals surface area contributed by atoms with E-state index >= 15 is 0 Å². The van der Waals surface area contributed by atoms with Gasteiger partial charge in [-0.25, -0.2) is 0 Å². The molecule has 1 aromatic carbocycles. The third-order valence-electron chi connectivity index (χ3n) is 5.25. The largest absolute Gasteiger partial charge is 0.361 e. The number of likely N-dealkylation sites (tertiary alicyclic amines) is 1. The fraction of sp³-hybridized carbons (Fsp3) is 0.350. The molecule has 134 valence electrons. The molecule has 1 aliphatic rings. The van der Waals surface area contributed by atoms with Gasteiger partial charge in [0.15, 0.2) is 0 Å². The molecule has 3 heterocycles. The lowest BCUT2D eigenvalue weighted by atomic mass is 9.90. The molecule has 1 aliphatic heterocycles. The predicted molar refractivity (Wildman–Crippen MR) is 100 cm³/mol. The second kappa shape index (κ2) is 6.53. The van der Waals surface area contributed by atoms with Gasteiger partial charge in [0.2, 0.25) is 5.91 Å². The standard InChI is InChI=1S/C20H23N5O/c1-24(2)19(26)20(18-13-21-9-10-23-18)7-3-11-25(20)14-15-4-5-16-6-8-22-17(16)12-15/h4-6,8-10,12-13,22H,3,7,11,14H2,1-2H3/t20-/m0/s1. The van der Waals surface area contributed by atoms with Gasteiger partial charge in [0, 0.05) is 44.7 Å². The molecule has 2 aromatic heterocycles. The van der Waals surface area contributed by atoms with Crippen LogP contribution in [0.3, 0.4) is 0 Å². The third kappa shape index (κ3) is 2.66. The summed E-state index contributed by atoms with van der Waals surface area (Å²) in [6.45, 7) is 1.56. The Balaban J connectivity index is 1.74. The van der Waals surface area contributed by atoms with E-state index in [0.29, 0.717) is 6.54 Å². The molecule has 1 amide bonds. The van der Waals surface area contributed by atoms with Gasteiger partial charge in [-0.3, -0.25) is 19.7 Å². The highest BCUT2D eigenvalue weighted by Crippen LogP contribution is 2.40. The van der Waals surface area contributed by atoms with Gasteiger partial charge in [-0.2, -0.15) is 0 Å². The number of H-pyrrole nitrogens is 1. The number of aromatic nitrogens is 3. The monoisotopic (exact) mass is 349 g/mol. The number of benzene rings is 1. The molecule has 1 saturated heterocycles. The molecule has 1 fully saturated rings. The third-order valence-corrected chi connectivity index (χ3v) is 5.25. The quantitative estimate of drug-likeness (QED) is 0.786. The van der Waals surface area contributed by atoms with E-state index in [0.717, 1.165) is 30.6 Å². The minimum absolute atomic E-state index is 0.0662. The molecule has 26 heavy (non-hydrogen) atoms. The van der Waals surface area contributed by atoms with Crippen molar-refractivity contribution < 1.29 is 4.79 Å². The van der Waals surface area contributed by atoms with E-state index in [1.165, 1.54) is 10.9 Å². The maximum Gasteiger partial charge on any atom is 0.248 e. The van der Waals surface area contributed by atoms with Crippen LogP contribution in [-0.4, -0.2) is 51.3 Å². The average Bonchev–Trinajstić information content (AvgIpc) is 3.29. The predicted octanol–water partition coefficient (Wildman–Crippen LogP) is 2.54. The number of hydrogen-bond donors (Lipinski definition) is 1. The fourth-order valence-corrected chi connectivity index (χ4v) is 4.03. The zero-order valence-electron chi connectivity index (χ0n) is 15.1. The molecule has 1 atom stereocenters. The Kier molecular flexibility index (Phi) is 4.20. The minimum Gasteiger partial charge on any atom is -0.361 e. The summed E-state index contributed by atoms with van der Waals surface area (Å²) in [7, 11) is 3.61. The molecular formula is C20H23N5O. The average molecular weight is 349 g/mol. The minimum atomic E-state index is -0.748. The van der Waals surface area contributed by atoms with Crippen molar-refractivity contribution >= 4 is 16.8 Å². The van der Waals surface area contributed by atoms with Gasteiger partial charge in [0.25, 0.3) is 0 Å². The fourth-order valence-electron chi connectivity index (χ4n) is 4.03. The smallest absolute Gasteiger partial charge is 0.248 e. The van der Waals surface area contributed by atoms with Crippen LogP contribution in [0.15, 0.2) is 49.1 Å². The van der Waals surface area contributed by atoms with Gasteiger partial charge in [-0.05, 0) is 42.5 Å². The van der Waals surface area contributed by atoms with Crippen molar-refractivity contribution in [3.05, 3.63) is 60.3 Å². The first-order valence-corrected chi connectivity index (χ1v) is 8.90. The van der Waals surface area contributed by atoms with Crippen molar-refractivity contribution in [3.63, 3.8) is 0 Å². The molecule has 6 nitrogen and oxygen atoms in total. The van der Waals surface area contributed by atoms with Crippen molar-refractivity contribution in [2.75, 3.05) is 20.6 Å². The van der Waals surface area contributed by atoms with E-state index < -0.39 is 5.54 Å². The number of fused-ring (bicyclic) bond motifs is 1. The van der Waals surface area contributed by atoms with Crippen molar-refractivity contribution in [2.24, 2.45) is 0 Å². The normalized spacial score (nSPS) is 20.5. The van der Waals surface area contributed by atoms with E-state index in [9.17, 15) is 4.79 Å². The number of carbonyl (C=O) groups excluding carboxylic acids is 1. The van der Waals surface area contributed by atoms with Crippen molar-refractivity contribution in [2.45, 2.75) is 24.9 Å². The number of carbonyl (C=O) groups is 1. The maximum absolute atomic E-state index is 13.2. The van der Waals surface area contributed by atoms with Crippen LogP contribution in [0, 0.1) is 0 Å². The number of nitrogens with one attached hydrogen (secondary N) is 1. The van der Waals surface area contributed by atoms with E-state index in [2.05, 4.69) is 44.1 Å². The van der Waals surface area contributed by atoms with Gasteiger partial charge >= 0.3 is 0 Å². The molecular weight excluding hydrogens is 326 g/mol. The van der Waals surface area contributed by atoms with E-state index in [1.54, 1.807) is 23.5 Å². The van der Waals surface area contributed by atoms with Gasteiger partial charge in [0.05, 0.1) is 11.9 Å². The number of hydrogen-bond acceptors (Lipinski definition) is 4. The van der Waals surface area contributed by atoms with E-state index in [-0.39, 0.29) is 5.91 Å². The lowest BCUT2D eigenvalue weighted by Gasteiger charge is -2.38. The van der Waals surface area contributed by atoms with Crippen LogP contribution in [0.5, 0.6) is 0 Å². The number of likely N-dealkylation sites (N-methyl/N-ethyl adjacent to an activating group) is 1. The van der Waals surface area contributed by atoms with Crippen LogP contribution in [0.1, 0.15) is 24.1 Å². The Morgan fingerprint density at radius 2 is 2.19 bits per heavy atom. The van der Waals surface area contributed by atoms with Crippen LogP contribution >= 0.6 is 0 Å². The summed E-state index contributed by atoms with van der Waals surface area (Å²) in [4.78, 5) is 29.2. The highest BCUT2D eigenvalue weighted by molar-refractivity contribution is 5.87. The van der Waals surface area contributed by atoms with Crippen LogP contribution in [0.25, 0.3) is 10.9 Å². The zero-order chi connectivity index (χ0) is 18.1. The topological polar surface area (TPSA) is 65.1 Å². The zero-order valence-corrected chi connectivity index (χ0v) is 15.1. The Morgan fingerprint density at radius 3 is 2.96 bits per heavy atom. The Morgan fingerprint density at radius 1 is 1.31 bits per heavy atom. The summed E-state index contributed by atoms with van der Waals surface area (Å²) in [5.41, 5.74) is 2.28. The van der Waals surface area contributed by atoms with Crippen LogP contribution in [-0.2, 0) is 16.9 Å². The Labute approximate surface area is 152 Å². The van der Waals surface area contributed by atoms with Gasteiger partial charge in [-0.15, -0.1) is 0 Å². The molecule has 0 spiro atoms. The Hall–Kier alpha value is -2.73. The number of amides is 1. The number of aromatic amines is 1. The molecule has 0 radical (unpaired) electrons. The molecule has 0 bridgehead atoms. The molecule has 3 aromatic rings. The molecule has 4 rings (SSSR count). The Bertz CT molecular complexity index is 920. The van der Waals surface area contributed by atoms with Gasteiger partial charge in [0.1, 0.15) is 5.54 Å². The summed E-state index contributed by atoms with van der Waals surface area (Å²) < 4.78 is 0. The van der Waals surface area contributed by atoms with Crippen molar-refractivity contribution in [1.82, 2.24) is 24.8 Å². The molecule has 6 heteroatoms. The van der Waals surface area contributed by atoms with Gasteiger partial charge < -0.3 is 9.88 Å². The second-order valence-corrected chi connectivity index (χ2v) is 7.07. The molecule has 0 unspecified atom stereocenters. The summed E-state index contributed by atoms with van der Waals surface area (Å²) in [6.07, 6.45) is 8.71. The van der Waals surface area contributed by atoms with Crippen LogP contribution in [0.2, 0.25) is 0 Å². The number of nitrogens with zero attached hydrogens (tertiary/aromatic N) is 4. The summed E-state index contributed by atoms with van der Waals surface area (Å²) in [5, 5.41) is 1.19.